The maximum atomic E-state index is 12.9. The topological polar surface area (TPSA) is 99.2 Å². The Kier molecular flexibility index (Phi) is 6.00. The summed E-state index contributed by atoms with van der Waals surface area (Å²) in [5, 5.41) is 17.4. The molecule has 2 aromatic carbocycles. The van der Waals surface area contributed by atoms with Crippen molar-refractivity contribution in [1.29, 1.82) is 0 Å². The van der Waals surface area contributed by atoms with Gasteiger partial charge < -0.3 is 9.84 Å². The van der Waals surface area contributed by atoms with Crippen LogP contribution in [0.3, 0.4) is 0 Å². The van der Waals surface area contributed by atoms with Gasteiger partial charge in [-0.15, -0.1) is 0 Å². The molecule has 0 saturated carbocycles. The van der Waals surface area contributed by atoms with E-state index >= 15 is 0 Å². The van der Waals surface area contributed by atoms with Crippen molar-refractivity contribution < 1.29 is 14.6 Å². The van der Waals surface area contributed by atoms with E-state index in [9.17, 15) is 14.7 Å². The van der Waals surface area contributed by atoms with E-state index in [1.807, 2.05) is 50.2 Å². The molecule has 1 aromatic heterocycles. The Morgan fingerprint density at radius 2 is 1.56 bits per heavy atom. The third kappa shape index (κ3) is 4.74. The van der Waals surface area contributed by atoms with E-state index < -0.39 is 11.6 Å². The van der Waals surface area contributed by atoms with Gasteiger partial charge in [0.25, 0.3) is 0 Å². The lowest BCUT2D eigenvalue weighted by molar-refractivity contribution is -0.152. The molecule has 3 aromatic rings. The summed E-state index contributed by atoms with van der Waals surface area (Å²) in [6, 6.07) is 11.4. The van der Waals surface area contributed by atoms with Crippen LogP contribution in [0.25, 0.3) is 5.69 Å². The zero-order chi connectivity index (χ0) is 23.8. The van der Waals surface area contributed by atoms with Crippen LogP contribution in [-0.2, 0) is 16.8 Å². The van der Waals surface area contributed by atoms with Crippen LogP contribution in [0.4, 0.5) is 0 Å². The van der Waals surface area contributed by atoms with Gasteiger partial charge in [0.1, 0.15) is 5.75 Å². The summed E-state index contributed by atoms with van der Waals surface area (Å²) in [6.45, 7) is 13.3. The second kappa shape index (κ2) is 8.26. The molecule has 0 bridgehead atoms. The monoisotopic (exact) mass is 438 g/mol. The predicted octanol–water partition coefficient (Wildman–Crippen LogP) is 3.63. The second-order valence-electron chi connectivity index (χ2n) is 9.60. The van der Waals surface area contributed by atoms with Crippen molar-refractivity contribution in [3.63, 3.8) is 0 Å². The van der Waals surface area contributed by atoms with E-state index in [4.69, 9.17) is 4.74 Å². The van der Waals surface area contributed by atoms with Crippen LogP contribution in [0.2, 0.25) is 0 Å². The Morgan fingerprint density at radius 1 is 1.00 bits per heavy atom. The SMILES string of the molecule is Cc1cc(Cn2nnn(-c3ccc(C(C)(C)C)cc3)c2=O)cc(C)c1OC(C)(C)C(=O)O. The molecule has 0 atom stereocenters. The molecule has 0 amide bonds. The van der Waals surface area contributed by atoms with Crippen LogP contribution in [0, 0.1) is 13.8 Å². The highest BCUT2D eigenvalue weighted by atomic mass is 16.5. The third-order valence-corrected chi connectivity index (χ3v) is 5.34. The fourth-order valence-corrected chi connectivity index (χ4v) is 3.40. The minimum Gasteiger partial charge on any atom is -0.478 e. The number of aryl methyl sites for hydroxylation is 2. The molecule has 0 spiro atoms. The molecular weight excluding hydrogens is 408 g/mol. The number of hydrogen-bond donors (Lipinski definition) is 1. The predicted molar refractivity (Wildman–Crippen MR) is 122 cm³/mol. The fraction of sp³-hybridized carbons (Fsp3) is 0.417. The molecule has 0 unspecified atom stereocenters. The normalized spacial score (nSPS) is 12.1. The highest BCUT2D eigenvalue weighted by Gasteiger charge is 2.30. The summed E-state index contributed by atoms with van der Waals surface area (Å²) in [6.07, 6.45) is 0. The number of nitrogens with zero attached hydrogens (tertiary/aromatic N) is 4. The second-order valence-corrected chi connectivity index (χ2v) is 9.60. The number of carboxylic acid groups (broad SMARTS) is 1. The first-order chi connectivity index (χ1) is 14.8. The maximum absolute atomic E-state index is 12.9. The van der Waals surface area contributed by atoms with Gasteiger partial charge in [-0.1, -0.05) is 45.0 Å². The molecule has 1 N–H and O–H groups in total. The van der Waals surface area contributed by atoms with Gasteiger partial charge in [0.15, 0.2) is 5.60 Å². The molecule has 1 heterocycles. The van der Waals surface area contributed by atoms with Crippen LogP contribution in [-0.4, -0.2) is 36.5 Å². The van der Waals surface area contributed by atoms with Crippen molar-refractivity contribution in [3.8, 4) is 11.4 Å². The number of carboxylic acids is 1. The zero-order valence-corrected chi connectivity index (χ0v) is 19.6. The van der Waals surface area contributed by atoms with Crippen LogP contribution in [0.1, 0.15) is 56.9 Å². The van der Waals surface area contributed by atoms with Crippen LogP contribution >= 0.6 is 0 Å². The zero-order valence-electron chi connectivity index (χ0n) is 19.6. The smallest absolute Gasteiger partial charge is 0.368 e. The summed E-state index contributed by atoms with van der Waals surface area (Å²) in [7, 11) is 0. The van der Waals surface area contributed by atoms with Gasteiger partial charge in [0.2, 0.25) is 0 Å². The molecular formula is C24H30N4O4. The average molecular weight is 439 g/mol. The minimum absolute atomic E-state index is 0.0202. The Bertz CT molecular complexity index is 1170. The first kappa shape index (κ1) is 23.2. The number of tetrazole rings is 1. The highest BCUT2D eigenvalue weighted by molar-refractivity contribution is 5.77. The summed E-state index contributed by atoms with van der Waals surface area (Å²) >= 11 is 0. The van der Waals surface area contributed by atoms with Crippen LogP contribution in [0.15, 0.2) is 41.2 Å². The summed E-state index contributed by atoms with van der Waals surface area (Å²) < 4.78 is 8.33. The lowest BCUT2D eigenvalue weighted by atomic mass is 9.87. The lowest BCUT2D eigenvalue weighted by Gasteiger charge is -2.24. The molecule has 8 nitrogen and oxygen atoms in total. The Balaban J connectivity index is 1.85. The number of rotatable bonds is 6. The largest absolute Gasteiger partial charge is 0.478 e. The quantitative estimate of drug-likeness (QED) is 0.631. The molecule has 3 rings (SSSR count). The van der Waals surface area contributed by atoms with Gasteiger partial charge in [-0.3, -0.25) is 0 Å². The van der Waals surface area contributed by atoms with Crippen molar-refractivity contribution in [1.82, 2.24) is 19.8 Å². The fourth-order valence-electron chi connectivity index (χ4n) is 3.40. The summed E-state index contributed by atoms with van der Waals surface area (Å²) in [5.74, 6) is -0.518. The van der Waals surface area contributed by atoms with Crippen molar-refractivity contribution in [2.45, 2.75) is 66.0 Å². The van der Waals surface area contributed by atoms with Gasteiger partial charge in [-0.25, -0.2) is 9.59 Å². The molecule has 0 aliphatic rings. The molecule has 0 radical (unpaired) electrons. The average Bonchev–Trinajstić information content (AvgIpc) is 3.04. The van der Waals surface area contributed by atoms with Crippen molar-refractivity contribution in [3.05, 3.63) is 69.1 Å². The van der Waals surface area contributed by atoms with Gasteiger partial charge in [0, 0.05) is 0 Å². The number of carbonyl (C=O) groups is 1. The van der Waals surface area contributed by atoms with Crippen molar-refractivity contribution in [2.75, 3.05) is 0 Å². The lowest BCUT2D eigenvalue weighted by Crippen LogP contribution is -2.38. The first-order valence-electron chi connectivity index (χ1n) is 10.5. The van der Waals surface area contributed by atoms with Gasteiger partial charge in [0.05, 0.1) is 12.2 Å². The van der Waals surface area contributed by atoms with Crippen molar-refractivity contribution >= 4 is 5.97 Å². The minimum atomic E-state index is -1.35. The Hall–Kier alpha value is -3.42. The highest BCUT2D eigenvalue weighted by Crippen LogP contribution is 2.29. The number of aromatic nitrogens is 4. The Morgan fingerprint density at radius 3 is 2.06 bits per heavy atom. The standard InChI is InChI=1S/C24H30N4O4/c1-15-12-17(13-16(2)20(15)32-24(6,7)21(29)30)14-27-22(31)28(26-25-27)19-10-8-18(9-11-19)23(3,4)5/h8-13H,14H2,1-7H3,(H,29,30). The first-order valence-corrected chi connectivity index (χ1v) is 10.5. The summed E-state index contributed by atoms with van der Waals surface area (Å²) in [4.78, 5) is 24.3. The van der Waals surface area contributed by atoms with E-state index in [1.165, 1.54) is 28.8 Å². The number of ether oxygens (including phenoxy) is 1. The molecule has 0 aliphatic carbocycles. The summed E-state index contributed by atoms with van der Waals surface area (Å²) in [5.41, 5.74) is 2.57. The molecule has 0 aliphatic heterocycles. The molecule has 0 saturated heterocycles. The molecule has 0 fully saturated rings. The molecule has 170 valence electrons. The van der Waals surface area contributed by atoms with E-state index in [2.05, 4.69) is 31.2 Å². The molecule has 32 heavy (non-hydrogen) atoms. The van der Waals surface area contributed by atoms with Crippen LogP contribution < -0.4 is 10.4 Å². The molecule has 8 heteroatoms. The van der Waals surface area contributed by atoms with E-state index in [-0.39, 0.29) is 17.6 Å². The van der Waals surface area contributed by atoms with Gasteiger partial charge in [-0.2, -0.15) is 9.36 Å². The van der Waals surface area contributed by atoms with E-state index in [1.54, 1.807) is 0 Å². The third-order valence-electron chi connectivity index (χ3n) is 5.34. The van der Waals surface area contributed by atoms with Crippen LogP contribution in [0.5, 0.6) is 5.75 Å². The number of hydrogen-bond acceptors (Lipinski definition) is 5. The van der Waals surface area contributed by atoms with Gasteiger partial charge in [-0.05, 0) is 77.9 Å². The maximum Gasteiger partial charge on any atom is 0.368 e. The van der Waals surface area contributed by atoms with Crippen molar-refractivity contribution in [2.24, 2.45) is 0 Å². The number of benzene rings is 2. The Labute approximate surface area is 187 Å². The van der Waals surface area contributed by atoms with E-state index in [0.717, 1.165) is 16.7 Å². The van der Waals surface area contributed by atoms with E-state index in [0.29, 0.717) is 11.4 Å². The van der Waals surface area contributed by atoms with Gasteiger partial charge >= 0.3 is 11.7 Å². The number of aliphatic carboxylic acids is 1.